The minimum Gasteiger partial charge on any atom is -0.366 e. The molecular formula is C10H8ClN3O. The molecule has 1 heterocycles. The van der Waals surface area contributed by atoms with Gasteiger partial charge in [-0.15, -0.1) is 0 Å². The Labute approximate surface area is 91.1 Å². The third-order valence-corrected chi connectivity index (χ3v) is 2.35. The maximum absolute atomic E-state index is 11.2. The van der Waals surface area contributed by atoms with Gasteiger partial charge in [-0.2, -0.15) is 5.10 Å². The van der Waals surface area contributed by atoms with Crippen LogP contribution in [0.2, 0.25) is 5.02 Å². The second-order valence-corrected chi connectivity index (χ2v) is 3.39. The molecule has 0 aliphatic heterocycles. The molecule has 1 amide bonds. The fourth-order valence-corrected chi connectivity index (χ4v) is 1.66. The molecule has 0 bridgehead atoms. The quantitative estimate of drug-likeness (QED) is 0.812. The lowest BCUT2D eigenvalue weighted by molar-refractivity contribution is 0.100. The van der Waals surface area contributed by atoms with Crippen LogP contribution in [0.15, 0.2) is 30.5 Å². The summed E-state index contributed by atoms with van der Waals surface area (Å²) in [6.07, 6.45) is 1.66. The molecule has 3 N–H and O–H groups in total. The zero-order valence-corrected chi connectivity index (χ0v) is 8.45. The van der Waals surface area contributed by atoms with E-state index in [-0.39, 0.29) is 0 Å². The second-order valence-electron chi connectivity index (χ2n) is 2.99. The molecule has 0 aliphatic carbocycles. The highest BCUT2D eigenvalue weighted by atomic mass is 35.5. The number of hydrogen-bond acceptors (Lipinski definition) is 2. The second kappa shape index (κ2) is 3.74. The van der Waals surface area contributed by atoms with E-state index in [9.17, 15) is 4.79 Å². The molecule has 0 unspecified atom stereocenters. The van der Waals surface area contributed by atoms with Gasteiger partial charge in [0.05, 0.1) is 16.3 Å². The number of aromatic amines is 1. The lowest BCUT2D eigenvalue weighted by Crippen LogP contribution is -2.12. The molecule has 76 valence electrons. The van der Waals surface area contributed by atoms with Gasteiger partial charge in [0.25, 0.3) is 0 Å². The minimum atomic E-state index is -0.518. The first kappa shape index (κ1) is 9.73. The van der Waals surface area contributed by atoms with E-state index in [0.717, 1.165) is 0 Å². The van der Waals surface area contributed by atoms with Gasteiger partial charge in [0.15, 0.2) is 0 Å². The van der Waals surface area contributed by atoms with E-state index in [0.29, 0.717) is 21.8 Å². The normalized spacial score (nSPS) is 10.2. The van der Waals surface area contributed by atoms with Gasteiger partial charge in [-0.1, -0.05) is 17.7 Å². The number of rotatable bonds is 2. The Balaban J connectivity index is 2.68. The Morgan fingerprint density at radius 1 is 1.40 bits per heavy atom. The summed E-state index contributed by atoms with van der Waals surface area (Å²) in [7, 11) is 0. The molecule has 15 heavy (non-hydrogen) atoms. The van der Waals surface area contributed by atoms with Crippen molar-refractivity contribution >= 4 is 17.5 Å². The summed E-state index contributed by atoms with van der Waals surface area (Å²) < 4.78 is 0. The molecule has 0 atom stereocenters. The number of nitrogens with two attached hydrogens (primary N) is 1. The lowest BCUT2D eigenvalue weighted by atomic mass is 10.0. The van der Waals surface area contributed by atoms with Gasteiger partial charge in [-0.3, -0.25) is 9.89 Å². The molecular weight excluding hydrogens is 214 g/mol. The van der Waals surface area contributed by atoms with Crippen LogP contribution in [-0.2, 0) is 0 Å². The number of carbonyl (C=O) groups excluding carboxylic acids is 1. The molecule has 1 aromatic carbocycles. The van der Waals surface area contributed by atoms with Crippen molar-refractivity contribution < 1.29 is 4.79 Å². The minimum absolute atomic E-state index is 0.370. The molecule has 5 heteroatoms. The first-order valence-electron chi connectivity index (χ1n) is 4.28. The number of benzene rings is 1. The summed E-state index contributed by atoms with van der Waals surface area (Å²) >= 11 is 6.00. The molecule has 1 aromatic heterocycles. The Morgan fingerprint density at radius 2 is 2.20 bits per heavy atom. The van der Waals surface area contributed by atoms with E-state index in [1.807, 2.05) is 0 Å². The number of aromatic nitrogens is 2. The van der Waals surface area contributed by atoms with Crippen LogP contribution < -0.4 is 5.73 Å². The number of primary amides is 1. The van der Waals surface area contributed by atoms with Crippen LogP contribution in [0.5, 0.6) is 0 Å². The molecule has 0 saturated carbocycles. The van der Waals surface area contributed by atoms with Gasteiger partial charge in [0.1, 0.15) is 0 Å². The number of amides is 1. The Morgan fingerprint density at radius 3 is 2.80 bits per heavy atom. The summed E-state index contributed by atoms with van der Waals surface area (Å²) in [4.78, 5) is 11.2. The van der Waals surface area contributed by atoms with Crippen molar-refractivity contribution in [2.24, 2.45) is 5.73 Å². The average molecular weight is 222 g/mol. The molecule has 0 radical (unpaired) electrons. The smallest absolute Gasteiger partial charge is 0.249 e. The van der Waals surface area contributed by atoms with Crippen LogP contribution in [0.3, 0.4) is 0 Å². The van der Waals surface area contributed by atoms with Gasteiger partial charge in [-0.05, 0) is 18.2 Å². The first-order chi connectivity index (χ1) is 7.20. The predicted molar refractivity (Wildman–Crippen MR) is 57.6 cm³/mol. The first-order valence-corrected chi connectivity index (χ1v) is 4.66. The summed E-state index contributed by atoms with van der Waals surface area (Å²) in [6.45, 7) is 0. The molecule has 2 rings (SSSR count). The largest absolute Gasteiger partial charge is 0.366 e. The summed E-state index contributed by atoms with van der Waals surface area (Å²) in [5.41, 5.74) is 6.79. The topological polar surface area (TPSA) is 71.8 Å². The summed E-state index contributed by atoms with van der Waals surface area (Å²) in [6, 6.07) is 6.72. The molecule has 0 saturated heterocycles. The van der Waals surface area contributed by atoms with E-state index in [4.69, 9.17) is 17.3 Å². The lowest BCUT2D eigenvalue weighted by Gasteiger charge is -2.05. The number of nitrogens with one attached hydrogen (secondary N) is 1. The van der Waals surface area contributed by atoms with Crippen LogP contribution >= 0.6 is 11.6 Å². The third kappa shape index (κ3) is 1.71. The van der Waals surface area contributed by atoms with Crippen LogP contribution in [0.1, 0.15) is 10.4 Å². The third-order valence-electron chi connectivity index (χ3n) is 2.04. The number of nitrogens with zero attached hydrogens (tertiary/aromatic N) is 1. The maximum Gasteiger partial charge on any atom is 0.249 e. The van der Waals surface area contributed by atoms with Crippen molar-refractivity contribution in [1.82, 2.24) is 10.2 Å². The number of halogens is 1. The van der Waals surface area contributed by atoms with E-state index >= 15 is 0 Å². The number of H-pyrrole nitrogens is 1. The highest BCUT2D eigenvalue weighted by molar-refractivity contribution is 6.34. The highest BCUT2D eigenvalue weighted by Gasteiger charge is 2.14. The molecule has 0 aliphatic rings. The monoisotopic (exact) mass is 221 g/mol. The van der Waals surface area contributed by atoms with Crippen molar-refractivity contribution in [1.29, 1.82) is 0 Å². The van der Waals surface area contributed by atoms with Gasteiger partial charge < -0.3 is 5.73 Å². The zero-order chi connectivity index (χ0) is 10.8. The van der Waals surface area contributed by atoms with Crippen molar-refractivity contribution in [2.45, 2.75) is 0 Å². The maximum atomic E-state index is 11.2. The zero-order valence-electron chi connectivity index (χ0n) is 7.70. The van der Waals surface area contributed by atoms with Crippen molar-refractivity contribution in [2.75, 3.05) is 0 Å². The Kier molecular flexibility index (Phi) is 2.43. The van der Waals surface area contributed by atoms with Gasteiger partial charge in [-0.25, -0.2) is 0 Å². The van der Waals surface area contributed by atoms with E-state index < -0.39 is 5.91 Å². The van der Waals surface area contributed by atoms with E-state index in [1.165, 1.54) is 0 Å². The van der Waals surface area contributed by atoms with Crippen LogP contribution in [0.4, 0.5) is 0 Å². The van der Waals surface area contributed by atoms with Gasteiger partial charge >= 0.3 is 0 Å². The number of carbonyl (C=O) groups is 1. The molecule has 0 fully saturated rings. The SMILES string of the molecule is NC(=O)c1cccc(Cl)c1-c1cc[nH]n1. The van der Waals surface area contributed by atoms with Crippen LogP contribution in [0, 0.1) is 0 Å². The standard InChI is InChI=1S/C10H8ClN3O/c11-7-3-1-2-6(10(12)15)9(7)8-4-5-13-14-8/h1-5H,(H2,12,15)(H,13,14). The average Bonchev–Trinajstić information content (AvgIpc) is 2.70. The number of hydrogen-bond donors (Lipinski definition) is 2. The van der Waals surface area contributed by atoms with Crippen LogP contribution in [0.25, 0.3) is 11.3 Å². The highest BCUT2D eigenvalue weighted by Crippen LogP contribution is 2.29. The van der Waals surface area contributed by atoms with Crippen molar-refractivity contribution in [3.8, 4) is 11.3 Å². The predicted octanol–water partition coefficient (Wildman–Crippen LogP) is 1.83. The summed E-state index contributed by atoms with van der Waals surface area (Å²) in [5, 5.41) is 7.09. The van der Waals surface area contributed by atoms with E-state index in [2.05, 4.69) is 10.2 Å². The molecule has 0 spiro atoms. The van der Waals surface area contributed by atoms with E-state index in [1.54, 1.807) is 30.5 Å². The fourth-order valence-electron chi connectivity index (χ4n) is 1.39. The summed E-state index contributed by atoms with van der Waals surface area (Å²) in [5.74, 6) is -0.518. The van der Waals surface area contributed by atoms with Crippen LogP contribution in [-0.4, -0.2) is 16.1 Å². The Hall–Kier alpha value is -1.81. The van der Waals surface area contributed by atoms with Gasteiger partial charge in [0.2, 0.25) is 5.91 Å². The molecule has 4 nitrogen and oxygen atoms in total. The Bertz CT molecular complexity index is 493. The molecule has 2 aromatic rings. The van der Waals surface area contributed by atoms with Crippen molar-refractivity contribution in [3.05, 3.63) is 41.0 Å². The van der Waals surface area contributed by atoms with Crippen molar-refractivity contribution in [3.63, 3.8) is 0 Å². The van der Waals surface area contributed by atoms with Gasteiger partial charge in [0, 0.05) is 11.8 Å². The fraction of sp³-hybridized carbons (Fsp3) is 0.